The summed E-state index contributed by atoms with van der Waals surface area (Å²) in [5.41, 5.74) is 4.99. The fourth-order valence-corrected chi connectivity index (χ4v) is 2.01. The van der Waals surface area contributed by atoms with Crippen molar-refractivity contribution in [3.8, 4) is 0 Å². The summed E-state index contributed by atoms with van der Waals surface area (Å²) in [6.45, 7) is 6.81. The SMILES string of the molecule is CCCCC1=C(CC)C=C(CC)C1. The van der Waals surface area contributed by atoms with E-state index < -0.39 is 0 Å². The molecular weight excluding hydrogens is 156 g/mol. The molecule has 74 valence electrons. The van der Waals surface area contributed by atoms with Crippen LogP contribution >= 0.6 is 0 Å². The fraction of sp³-hybridized carbons (Fsp3) is 0.692. The largest absolute Gasteiger partial charge is 0.0661 e. The summed E-state index contributed by atoms with van der Waals surface area (Å²) in [5, 5.41) is 0. The second-order valence-corrected chi connectivity index (χ2v) is 3.92. The Morgan fingerprint density at radius 2 is 1.92 bits per heavy atom. The third kappa shape index (κ3) is 2.72. The smallest absolute Gasteiger partial charge is 0.00995 e. The molecule has 0 aromatic rings. The van der Waals surface area contributed by atoms with Gasteiger partial charge >= 0.3 is 0 Å². The van der Waals surface area contributed by atoms with E-state index in [-0.39, 0.29) is 0 Å². The Morgan fingerprint density at radius 1 is 1.15 bits per heavy atom. The third-order valence-electron chi connectivity index (χ3n) is 2.94. The molecule has 0 amide bonds. The average molecular weight is 178 g/mol. The van der Waals surface area contributed by atoms with Crippen LogP contribution in [-0.2, 0) is 0 Å². The standard InChI is InChI=1S/C13H22/c1-4-7-8-13-10-11(5-2)9-12(13)6-3/h9H,4-8,10H2,1-3H3. The minimum atomic E-state index is 1.22. The summed E-state index contributed by atoms with van der Waals surface area (Å²) in [4.78, 5) is 0. The zero-order valence-electron chi connectivity index (χ0n) is 9.32. The van der Waals surface area contributed by atoms with Crippen molar-refractivity contribution in [1.29, 1.82) is 0 Å². The zero-order valence-corrected chi connectivity index (χ0v) is 9.32. The molecule has 0 atom stereocenters. The number of unbranched alkanes of at least 4 members (excludes halogenated alkanes) is 1. The molecule has 0 heteroatoms. The third-order valence-corrected chi connectivity index (χ3v) is 2.94. The highest BCUT2D eigenvalue weighted by atomic mass is 14.2. The maximum atomic E-state index is 2.44. The Morgan fingerprint density at radius 3 is 2.46 bits per heavy atom. The van der Waals surface area contributed by atoms with Crippen LogP contribution < -0.4 is 0 Å². The molecule has 0 heterocycles. The molecule has 0 saturated carbocycles. The van der Waals surface area contributed by atoms with Gasteiger partial charge in [-0.05, 0) is 37.7 Å². The summed E-state index contributed by atoms with van der Waals surface area (Å²) < 4.78 is 0. The molecule has 0 aromatic heterocycles. The van der Waals surface area contributed by atoms with Gasteiger partial charge in [-0.2, -0.15) is 0 Å². The molecule has 1 rings (SSSR count). The van der Waals surface area contributed by atoms with Crippen LogP contribution in [0.3, 0.4) is 0 Å². The van der Waals surface area contributed by atoms with E-state index in [1.54, 1.807) is 16.7 Å². The van der Waals surface area contributed by atoms with Crippen LogP contribution in [0, 0.1) is 0 Å². The highest BCUT2D eigenvalue weighted by molar-refractivity contribution is 5.38. The van der Waals surface area contributed by atoms with Gasteiger partial charge in [0.05, 0.1) is 0 Å². The molecule has 0 saturated heterocycles. The molecule has 1 aliphatic carbocycles. The Hall–Kier alpha value is -0.520. The molecule has 0 bridgehead atoms. The van der Waals surface area contributed by atoms with E-state index in [4.69, 9.17) is 0 Å². The maximum Gasteiger partial charge on any atom is -0.00995 e. The van der Waals surface area contributed by atoms with Crippen molar-refractivity contribution in [3.63, 3.8) is 0 Å². The number of hydrogen-bond donors (Lipinski definition) is 0. The van der Waals surface area contributed by atoms with Crippen LogP contribution in [0.25, 0.3) is 0 Å². The minimum Gasteiger partial charge on any atom is -0.0661 e. The lowest BCUT2D eigenvalue weighted by Gasteiger charge is -2.04. The first kappa shape index (κ1) is 10.6. The number of allylic oxidation sites excluding steroid dienone is 4. The Kier molecular flexibility index (Phi) is 4.27. The van der Waals surface area contributed by atoms with E-state index >= 15 is 0 Å². The van der Waals surface area contributed by atoms with Gasteiger partial charge in [0.15, 0.2) is 0 Å². The number of hydrogen-bond acceptors (Lipinski definition) is 0. The van der Waals surface area contributed by atoms with Crippen molar-refractivity contribution < 1.29 is 0 Å². The van der Waals surface area contributed by atoms with Gasteiger partial charge in [0.1, 0.15) is 0 Å². The van der Waals surface area contributed by atoms with Crippen LogP contribution in [0.15, 0.2) is 22.8 Å². The van der Waals surface area contributed by atoms with Crippen molar-refractivity contribution in [2.45, 2.75) is 59.3 Å². The molecule has 0 fully saturated rings. The highest BCUT2D eigenvalue weighted by Crippen LogP contribution is 2.32. The molecule has 13 heavy (non-hydrogen) atoms. The zero-order chi connectivity index (χ0) is 9.68. The van der Waals surface area contributed by atoms with Crippen LogP contribution in [-0.4, -0.2) is 0 Å². The Labute approximate surface area is 82.7 Å². The van der Waals surface area contributed by atoms with Crippen molar-refractivity contribution in [1.82, 2.24) is 0 Å². The molecule has 0 nitrogen and oxygen atoms in total. The van der Waals surface area contributed by atoms with Gasteiger partial charge in [-0.25, -0.2) is 0 Å². The van der Waals surface area contributed by atoms with E-state index in [0.29, 0.717) is 0 Å². The van der Waals surface area contributed by atoms with Gasteiger partial charge in [0.2, 0.25) is 0 Å². The molecule has 0 N–H and O–H groups in total. The lowest BCUT2D eigenvalue weighted by Crippen LogP contribution is -1.85. The monoisotopic (exact) mass is 178 g/mol. The maximum absolute atomic E-state index is 2.44. The second-order valence-electron chi connectivity index (χ2n) is 3.92. The van der Waals surface area contributed by atoms with E-state index in [2.05, 4.69) is 26.8 Å². The van der Waals surface area contributed by atoms with Gasteiger partial charge in [-0.15, -0.1) is 0 Å². The predicted molar refractivity (Wildman–Crippen MR) is 59.8 cm³/mol. The van der Waals surface area contributed by atoms with Gasteiger partial charge in [0.25, 0.3) is 0 Å². The van der Waals surface area contributed by atoms with Crippen LogP contribution in [0.2, 0.25) is 0 Å². The molecule has 0 radical (unpaired) electrons. The second kappa shape index (κ2) is 5.26. The van der Waals surface area contributed by atoms with Crippen LogP contribution in [0.4, 0.5) is 0 Å². The number of rotatable bonds is 5. The van der Waals surface area contributed by atoms with Gasteiger partial charge in [-0.3, -0.25) is 0 Å². The Balaban J connectivity index is 2.54. The Bertz CT molecular complexity index is 218. The summed E-state index contributed by atoms with van der Waals surface area (Å²) in [5.74, 6) is 0. The molecule has 0 aromatic carbocycles. The first-order valence-corrected chi connectivity index (χ1v) is 5.72. The average Bonchev–Trinajstić information content (AvgIpc) is 2.57. The lowest BCUT2D eigenvalue weighted by molar-refractivity contribution is 0.765. The van der Waals surface area contributed by atoms with Crippen LogP contribution in [0.5, 0.6) is 0 Å². The predicted octanol–water partition coefficient (Wildman–Crippen LogP) is 4.62. The van der Waals surface area contributed by atoms with E-state index in [0.717, 1.165) is 0 Å². The van der Waals surface area contributed by atoms with Crippen molar-refractivity contribution in [3.05, 3.63) is 22.8 Å². The topological polar surface area (TPSA) is 0 Å². The summed E-state index contributed by atoms with van der Waals surface area (Å²) in [6, 6.07) is 0. The van der Waals surface area contributed by atoms with Gasteiger partial charge in [0, 0.05) is 0 Å². The van der Waals surface area contributed by atoms with E-state index in [1.807, 2.05) is 0 Å². The fourth-order valence-electron chi connectivity index (χ4n) is 2.01. The quantitative estimate of drug-likeness (QED) is 0.576. The van der Waals surface area contributed by atoms with E-state index in [9.17, 15) is 0 Å². The van der Waals surface area contributed by atoms with Crippen molar-refractivity contribution in [2.75, 3.05) is 0 Å². The lowest BCUT2D eigenvalue weighted by atomic mass is 10.0. The molecular formula is C13H22. The van der Waals surface area contributed by atoms with Gasteiger partial charge < -0.3 is 0 Å². The van der Waals surface area contributed by atoms with Crippen molar-refractivity contribution in [2.24, 2.45) is 0 Å². The molecule has 0 spiro atoms. The highest BCUT2D eigenvalue weighted by Gasteiger charge is 2.12. The summed E-state index contributed by atoms with van der Waals surface area (Å²) in [6.07, 6.45) is 10.2. The minimum absolute atomic E-state index is 1.22. The molecule has 0 unspecified atom stereocenters. The first-order valence-electron chi connectivity index (χ1n) is 5.72. The summed E-state index contributed by atoms with van der Waals surface area (Å²) >= 11 is 0. The molecule has 1 aliphatic rings. The normalized spacial score (nSPS) is 16.7. The first-order chi connectivity index (χ1) is 6.31. The molecule has 0 aliphatic heterocycles. The summed E-state index contributed by atoms with van der Waals surface area (Å²) in [7, 11) is 0. The van der Waals surface area contributed by atoms with Crippen molar-refractivity contribution >= 4 is 0 Å². The van der Waals surface area contributed by atoms with Gasteiger partial charge in [-0.1, -0.05) is 44.4 Å². The van der Waals surface area contributed by atoms with Crippen LogP contribution in [0.1, 0.15) is 59.3 Å². The van der Waals surface area contributed by atoms with E-state index in [1.165, 1.54) is 38.5 Å².